The highest BCUT2D eigenvalue weighted by Gasteiger charge is 2.26. The molecule has 2 atom stereocenters. The van der Waals surface area contributed by atoms with Gasteiger partial charge in [-0.15, -0.1) is 0 Å². The Labute approximate surface area is 181 Å². The van der Waals surface area contributed by atoms with E-state index in [0.29, 0.717) is 6.04 Å². The normalized spacial score (nSPS) is 19.3. The van der Waals surface area contributed by atoms with Gasteiger partial charge in [0.15, 0.2) is 0 Å². The Balaban J connectivity index is 1.53. The van der Waals surface area contributed by atoms with Crippen LogP contribution in [0, 0.1) is 0 Å². The lowest BCUT2D eigenvalue weighted by Gasteiger charge is -2.37. The number of para-hydroxylation sites is 1. The van der Waals surface area contributed by atoms with Crippen LogP contribution >= 0.6 is 11.6 Å². The molecular formula is C25H25ClN4. The van der Waals surface area contributed by atoms with Crippen molar-refractivity contribution >= 4 is 39.2 Å². The molecule has 2 unspecified atom stereocenters. The summed E-state index contributed by atoms with van der Waals surface area (Å²) in [5, 5.41) is 2.95. The van der Waals surface area contributed by atoms with Crippen molar-refractivity contribution in [1.29, 1.82) is 0 Å². The van der Waals surface area contributed by atoms with Crippen LogP contribution in [0.3, 0.4) is 0 Å². The van der Waals surface area contributed by atoms with Gasteiger partial charge in [0.2, 0.25) is 0 Å². The quantitative estimate of drug-likeness (QED) is 0.462. The molecule has 4 nitrogen and oxygen atoms in total. The molecule has 1 saturated carbocycles. The first-order valence-corrected chi connectivity index (χ1v) is 11.0. The van der Waals surface area contributed by atoms with E-state index in [4.69, 9.17) is 22.3 Å². The molecule has 2 aromatic carbocycles. The summed E-state index contributed by atoms with van der Waals surface area (Å²) in [5.41, 5.74) is 9.51. The Morgan fingerprint density at radius 1 is 0.967 bits per heavy atom. The lowest BCUT2D eigenvalue weighted by atomic mass is 9.90. The number of fused-ring (bicyclic) bond motifs is 2. The fourth-order valence-electron chi connectivity index (χ4n) is 4.53. The average Bonchev–Trinajstić information content (AvgIpc) is 2.77. The molecule has 0 saturated heterocycles. The van der Waals surface area contributed by atoms with Gasteiger partial charge in [-0.3, -0.25) is 4.98 Å². The second kappa shape index (κ2) is 8.21. The highest BCUT2D eigenvalue weighted by molar-refractivity contribution is 6.31. The smallest absolute Gasteiger partial charge is 0.129 e. The molecule has 1 fully saturated rings. The molecule has 1 aliphatic carbocycles. The average molecular weight is 417 g/mol. The first-order chi connectivity index (χ1) is 14.7. The van der Waals surface area contributed by atoms with Crippen molar-refractivity contribution in [3.05, 3.63) is 77.4 Å². The number of hydrogen-bond donors (Lipinski definition) is 1. The predicted molar refractivity (Wildman–Crippen MR) is 125 cm³/mol. The minimum Gasteiger partial charge on any atom is -0.349 e. The fourth-order valence-corrected chi connectivity index (χ4v) is 4.71. The Morgan fingerprint density at radius 2 is 1.83 bits per heavy atom. The van der Waals surface area contributed by atoms with Crippen molar-refractivity contribution < 1.29 is 0 Å². The summed E-state index contributed by atoms with van der Waals surface area (Å²) in [5.74, 6) is 0.983. The third-order valence-electron chi connectivity index (χ3n) is 6.06. The van der Waals surface area contributed by atoms with Gasteiger partial charge in [-0.25, -0.2) is 4.98 Å². The number of halogens is 1. The van der Waals surface area contributed by atoms with E-state index in [1.807, 2.05) is 36.5 Å². The van der Waals surface area contributed by atoms with E-state index in [-0.39, 0.29) is 6.04 Å². The summed E-state index contributed by atoms with van der Waals surface area (Å²) in [4.78, 5) is 12.1. The van der Waals surface area contributed by atoms with Crippen LogP contribution in [-0.4, -0.2) is 22.1 Å². The van der Waals surface area contributed by atoms with Gasteiger partial charge in [0.05, 0.1) is 11.0 Å². The van der Waals surface area contributed by atoms with Gasteiger partial charge in [-0.2, -0.15) is 0 Å². The number of anilines is 1. The molecule has 30 heavy (non-hydrogen) atoms. The number of aromatic nitrogens is 2. The Morgan fingerprint density at radius 3 is 2.73 bits per heavy atom. The molecule has 2 N–H and O–H groups in total. The first-order valence-electron chi connectivity index (χ1n) is 10.6. The maximum atomic E-state index is 6.34. The summed E-state index contributed by atoms with van der Waals surface area (Å²) >= 11 is 6.15. The molecule has 2 heterocycles. The van der Waals surface area contributed by atoms with Gasteiger partial charge in [-0.05, 0) is 73.7 Å². The predicted octanol–water partition coefficient (Wildman–Crippen LogP) is 5.71. The van der Waals surface area contributed by atoms with E-state index in [2.05, 4.69) is 40.2 Å². The lowest BCUT2D eigenvalue weighted by molar-refractivity contribution is 0.370. The van der Waals surface area contributed by atoms with Crippen LogP contribution in [0.4, 0.5) is 5.82 Å². The summed E-state index contributed by atoms with van der Waals surface area (Å²) in [7, 11) is 0. The second-order valence-electron chi connectivity index (χ2n) is 8.25. The second-order valence-corrected chi connectivity index (χ2v) is 8.69. The van der Waals surface area contributed by atoms with Crippen LogP contribution in [0.5, 0.6) is 0 Å². The van der Waals surface area contributed by atoms with Crippen LogP contribution in [0.2, 0.25) is 5.02 Å². The van der Waals surface area contributed by atoms with Crippen LogP contribution in [0.15, 0.2) is 66.9 Å². The lowest BCUT2D eigenvalue weighted by Crippen LogP contribution is -2.42. The van der Waals surface area contributed by atoms with E-state index >= 15 is 0 Å². The number of hydrogen-bond acceptors (Lipinski definition) is 4. The molecule has 5 heteroatoms. The van der Waals surface area contributed by atoms with Crippen molar-refractivity contribution in [3.8, 4) is 0 Å². The highest BCUT2D eigenvalue weighted by atomic mass is 35.5. The molecule has 0 amide bonds. The van der Waals surface area contributed by atoms with E-state index < -0.39 is 0 Å². The fraction of sp³-hybridized carbons (Fsp3) is 0.280. The Kier molecular flexibility index (Phi) is 5.28. The van der Waals surface area contributed by atoms with Crippen LogP contribution in [0.1, 0.15) is 31.2 Å². The Bertz CT molecular complexity index is 1190. The van der Waals surface area contributed by atoms with Crippen LogP contribution in [-0.2, 0) is 6.54 Å². The number of nitrogens with two attached hydrogens (primary N) is 1. The van der Waals surface area contributed by atoms with Gasteiger partial charge in [0.1, 0.15) is 5.82 Å². The number of benzene rings is 2. The highest BCUT2D eigenvalue weighted by Crippen LogP contribution is 2.30. The molecule has 0 spiro atoms. The van der Waals surface area contributed by atoms with Crippen molar-refractivity contribution in [2.75, 3.05) is 4.90 Å². The molecule has 0 radical (unpaired) electrons. The zero-order chi connectivity index (χ0) is 20.5. The third kappa shape index (κ3) is 3.98. The maximum Gasteiger partial charge on any atom is 0.129 e. The minimum absolute atomic E-state index is 0.250. The minimum atomic E-state index is 0.250. The number of rotatable bonds is 4. The zero-order valence-electron chi connectivity index (χ0n) is 16.8. The maximum absolute atomic E-state index is 6.34. The molecule has 1 aliphatic rings. The van der Waals surface area contributed by atoms with E-state index in [9.17, 15) is 0 Å². The topological polar surface area (TPSA) is 55.0 Å². The summed E-state index contributed by atoms with van der Waals surface area (Å²) in [6.07, 6.45) is 6.36. The summed E-state index contributed by atoms with van der Waals surface area (Å²) in [6, 6.07) is 21.2. The van der Waals surface area contributed by atoms with E-state index in [0.717, 1.165) is 64.9 Å². The van der Waals surface area contributed by atoms with Crippen molar-refractivity contribution in [2.45, 2.75) is 44.3 Å². The standard InChI is InChI=1S/C25H25ClN4/c26-20-9-10-24-19(13-20)8-11-25(29-24)30(22-6-3-5-21(27)14-22)16-17-12-18-4-1-2-7-23(18)28-15-17/h1-2,4,7-13,15,21-22H,3,5-6,14,16,27H2. The number of pyridine rings is 2. The Hall–Kier alpha value is -2.69. The molecular weight excluding hydrogens is 392 g/mol. The molecule has 152 valence electrons. The molecule has 5 rings (SSSR count). The third-order valence-corrected chi connectivity index (χ3v) is 6.29. The van der Waals surface area contributed by atoms with Gasteiger partial charge in [0.25, 0.3) is 0 Å². The molecule has 4 aromatic rings. The molecule has 0 aliphatic heterocycles. The molecule has 0 bridgehead atoms. The van der Waals surface area contributed by atoms with Gasteiger partial charge < -0.3 is 10.6 Å². The summed E-state index contributed by atoms with van der Waals surface area (Å²) in [6.45, 7) is 0.765. The monoisotopic (exact) mass is 416 g/mol. The summed E-state index contributed by atoms with van der Waals surface area (Å²) < 4.78 is 0. The van der Waals surface area contributed by atoms with E-state index in [1.165, 1.54) is 5.56 Å². The van der Waals surface area contributed by atoms with Crippen LogP contribution in [0.25, 0.3) is 21.8 Å². The number of nitrogens with zero attached hydrogens (tertiary/aromatic N) is 3. The van der Waals surface area contributed by atoms with Crippen molar-refractivity contribution in [1.82, 2.24) is 9.97 Å². The van der Waals surface area contributed by atoms with Gasteiger partial charge >= 0.3 is 0 Å². The van der Waals surface area contributed by atoms with Gasteiger partial charge in [0, 0.05) is 40.6 Å². The largest absolute Gasteiger partial charge is 0.349 e. The van der Waals surface area contributed by atoms with Crippen molar-refractivity contribution in [3.63, 3.8) is 0 Å². The van der Waals surface area contributed by atoms with E-state index in [1.54, 1.807) is 0 Å². The van der Waals surface area contributed by atoms with Crippen molar-refractivity contribution in [2.24, 2.45) is 5.73 Å². The van der Waals surface area contributed by atoms with Crippen LogP contribution < -0.4 is 10.6 Å². The first kappa shape index (κ1) is 19.3. The van der Waals surface area contributed by atoms with Gasteiger partial charge in [-0.1, -0.05) is 29.8 Å². The zero-order valence-corrected chi connectivity index (χ0v) is 17.6. The molecule has 2 aromatic heterocycles. The SMILES string of the molecule is NC1CCCC(N(Cc2cnc3ccccc3c2)c2ccc3cc(Cl)ccc3n2)C1.